The number of carbonyl (C=O) groups is 2. The molecule has 0 aromatic heterocycles. The van der Waals surface area contributed by atoms with Gasteiger partial charge in [0.25, 0.3) is 5.91 Å². The van der Waals surface area contributed by atoms with Crippen LogP contribution in [-0.2, 0) is 14.8 Å². The Morgan fingerprint density at radius 2 is 1.62 bits per heavy atom. The van der Waals surface area contributed by atoms with Gasteiger partial charge in [0.2, 0.25) is 10.0 Å². The minimum absolute atomic E-state index is 0.0810. The number of anilines is 1. The molecule has 2 aromatic rings. The number of carbonyl (C=O) groups excluding carboxylic acids is 1. The molecule has 1 aliphatic heterocycles. The Morgan fingerprint density at radius 1 is 1.03 bits per heavy atom. The van der Waals surface area contributed by atoms with E-state index in [1.807, 2.05) is 13.0 Å². The molecule has 1 amide bonds. The third-order valence-electron chi connectivity index (χ3n) is 5.00. The van der Waals surface area contributed by atoms with Gasteiger partial charge in [0.15, 0.2) is 0 Å². The summed E-state index contributed by atoms with van der Waals surface area (Å²) >= 11 is 0. The second-order valence-corrected chi connectivity index (χ2v) is 9.18. The Kier molecular flexibility index (Phi) is 6.92. The van der Waals surface area contributed by atoms with Gasteiger partial charge in [0, 0.05) is 38.1 Å². The maximum absolute atomic E-state index is 12.8. The fourth-order valence-corrected chi connectivity index (χ4v) is 4.57. The molecule has 2 N–H and O–H groups in total. The van der Waals surface area contributed by atoms with Crippen molar-refractivity contribution in [2.75, 3.05) is 31.5 Å². The number of hydrogen-bond acceptors (Lipinski definition) is 6. The van der Waals surface area contributed by atoms with E-state index in [9.17, 15) is 23.3 Å². The van der Waals surface area contributed by atoms with Crippen LogP contribution in [0.3, 0.4) is 0 Å². The number of hydrogen-bond donors (Lipinski definition) is 2. The first-order valence-electron chi connectivity index (χ1n) is 9.78. The molecular weight excluding hydrogens is 432 g/mol. The summed E-state index contributed by atoms with van der Waals surface area (Å²) in [5.41, 5.74) is 1.27. The van der Waals surface area contributed by atoms with Crippen LogP contribution in [-0.4, -0.2) is 60.8 Å². The summed E-state index contributed by atoms with van der Waals surface area (Å²) < 4.78 is 27.0. The van der Waals surface area contributed by atoms with Crippen molar-refractivity contribution in [2.24, 2.45) is 0 Å². The van der Waals surface area contributed by atoms with E-state index >= 15 is 0 Å². The number of aromatic carboxylic acids is 1. The van der Waals surface area contributed by atoms with Crippen LogP contribution in [0.4, 0.5) is 5.69 Å². The van der Waals surface area contributed by atoms with Crippen LogP contribution >= 0.6 is 0 Å². The predicted octanol–water partition coefficient (Wildman–Crippen LogP) is 2.05. The van der Waals surface area contributed by atoms with Crippen molar-refractivity contribution < 1.29 is 23.1 Å². The largest absolute Gasteiger partial charge is 0.478 e. The normalized spacial score (nSPS) is 15.1. The molecule has 1 fully saturated rings. The molecule has 0 spiro atoms. The van der Waals surface area contributed by atoms with E-state index in [0.717, 1.165) is 5.56 Å². The number of sulfonamides is 1. The van der Waals surface area contributed by atoms with E-state index in [2.05, 4.69) is 5.32 Å². The van der Waals surface area contributed by atoms with Crippen LogP contribution in [0, 0.1) is 18.3 Å². The average molecular weight is 455 g/mol. The molecule has 0 aliphatic carbocycles. The molecule has 1 heterocycles. The maximum atomic E-state index is 12.8. The molecule has 0 bridgehead atoms. The van der Waals surface area contributed by atoms with Crippen LogP contribution in [0.15, 0.2) is 65.2 Å². The van der Waals surface area contributed by atoms with Gasteiger partial charge in [-0.3, -0.25) is 4.79 Å². The van der Waals surface area contributed by atoms with Gasteiger partial charge in [-0.2, -0.15) is 9.57 Å². The molecule has 9 nitrogen and oxygen atoms in total. The summed E-state index contributed by atoms with van der Waals surface area (Å²) in [5, 5.41) is 20.9. The van der Waals surface area contributed by atoms with Crippen molar-refractivity contribution >= 4 is 27.6 Å². The van der Waals surface area contributed by atoms with Crippen LogP contribution < -0.4 is 5.32 Å². The van der Waals surface area contributed by atoms with E-state index in [1.165, 1.54) is 34.8 Å². The number of nitriles is 1. The highest BCUT2D eigenvalue weighted by atomic mass is 32.2. The van der Waals surface area contributed by atoms with Gasteiger partial charge in [0.1, 0.15) is 11.6 Å². The lowest BCUT2D eigenvalue weighted by Gasteiger charge is -2.33. The second-order valence-electron chi connectivity index (χ2n) is 7.24. The number of carboxylic acid groups (broad SMARTS) is 1. The van der Waals surface area contributed by atoms with E-state index < -0.39 is 21.9 Å². The van der Waals surface area contributed by atoms with E-state index in [4.69, 9.17) is 5.11 Å². The summed E-state index contributed by atoms with van der Waals surface area (Å²) in [7, 11) is -3.60. The number of benzene rings is 2. The molecule has 2 aromatic carbocycles. The molecule has 1 aliphatic rings. The van der Waals surface area contributed by atoms with Crippen molar-refractivity contribution in [3.8, 4) is 6.07 Å². The lowest BCUT2D eigenvalue weighted by molar-refractivity contribution is -0.112. The molecule has 0 atom stereocenters. The molecule has 166 valence electrons. The minimum Gasteiger partial charge on any atom is -0.478 e. The summed E-state index contributed by atoms with van der Waals surface area (Å²) in [6.45, 7) is 3.00. The number of carboxylic acids is 1. The zero-order valence-corrected chi connectivity index (χ0v) is 18.2. The monoisotopic (exact) mass is 454 g/mol. The number of nitrogens with one attached hydrogen (secondary N) is 1. The van der Waals surface area contributed by atoms with Crippen molar-refractivity contribution in [2.45, 2.75) is 11.8 Å². The Labute approximate surface area is 186 Å². The Hall–Kier alpha value is -3.68. The highest BCUT2D eigenvalue weighted by Gasteiger charge is 2.28. The number of rotatable bonds is 6. The third-order valence-corrected chi connectivity index (χ3v) is 6.91. The van der Waals surface area contributed by atoms with Crippen LogP contribution in [0.25, 0.3) is 0 Å². The summed E-state index contributed by atoms with van der Waals surface area (Å²) in [4.78, 5) is 25.3. The van der Waals surface area contributed by atoms with E-state index in [-0.39, 0.29) is 29.1 Å². The standard InChI is InChI=1S/C22H22N4O5S/c1-16-2-8-20(9-3-16)32(30,31)26-12-10-25(11-13-26)15-18(14-23)21(27)24-19-6-4-17(5-7-19)22(28)29/h2-9,15H,10-13H2,1H3,(H,24,27)(H,28,29)/b18-15-. The first-order valence-corrected chi connectivity index (χ1v) is 11.2. The topological polar surface area (TPSA) is 131 Å². The molecule has 1 saturated heterocycles. The molecule has 32 heavy (non-hydrogen) atoms. The zero-order chi connectivity index (χ0) is 23.3. The molecule has 0 radical (unpaired) electrons. The van der Waals surface area contributed by atoms with Gasteiger partial charge >= 0.3 is 5.97 Å². The highest BCUT2D eigenvalue weighted by molar-refractivity contribution is 7.89. The number of piperazine rings is 1. The average Bonchev–Trinajstić information content (AvgIpc) is 2.78. The second kappa shape index (κ2) is 9.64. The molecule has 0 unspecified atom stereocenters. The number of amides is 1. The fourth-order valence-electron chi connectivity index (χ4n) is 3.15. The van der Waals surface area contributed by atoms with Gasteiger partial charge in [-0.1, -0.05) is 17.7 Å². The number of nitrogens with zero attached hydrogens (tertiary/aromatic N) is 3. The van der Waals surface area contributed by atoms with E-state index in [1.54, 1.807) is 29.2 Å². The molecule has 10 heteroatoms. The Morgan fingerprint density at radius 3 is 2.16 bits per heavy atom. The van der Waals surface area contributed by atoms with Crippen molar-refractivity contribution in [1.29, 1.82) is 5.26 Å². The van der Waals surface area contributed by atoms with E-state index in [0.29, 0.717) is 18.8 Å². The number of aryl methyl sites for hydroxylation is 1. The quantitative estimate of drug-likeness (QED) is 0.504. The van der Waals surface area contributed by atoms with Crippen molar-refractivity contribution in [1.82, 2.24) is 9.21 Å². The Bertz CT molecular complexity index is 1170. The van der Waals surface area contributed by atoms with Gasteiger partial charge in [0.05, 0.1) is 10.5 Å². The lowest BCUT2D eigenvalue weighted by Crippen LogP contribution is -2.46. The predicted molar refractivity (Wildman–Crippen MR) is 117 cm³/mol. The Balaban J connectivity index is 1.63. The smallest absolute Gasteiger partial charge is 0.335 e. The third kappa shape index (κ3) is 5.32. The van der Waals surface area contributed by atoms with Gasteiger partial charge in [-0.15, -0.1) is 0 Å². The van der Waals surface area contributed by atoms with Gasteiger partial charge in [-0.05, 0) is 43.3 Å². The summed E-state index contributed by atoms with van der Waals surface area (Å²) in [5.74, 6) is -1.71. The maximum Gasteiger partial charge on any atom is 0.335 e. The SMILES string of the molecule is Cc1ccc(S(=O)(=O)N2CCN(/C=C(/C#N)C(=O)Nc3ccc(C(=O)O)cc3)CC2)cc1. The molecule has 3 rings (SSSR count). The first-order chi connectivity index (χ1) is 15.2. The fraction of sp³-hybridized carbons (Fsp3) is 0.227. The summed E-state index contributed by atoms with van der Waals surface area (Å²) in [6.07, 6.45) is 1.41. The van der Waals surface area contributed by atoms with Crippen LogP contribution in [0.1, 0.15) is 15.9 Å². The zero-order valence-electron chi connectivity index (χ0n) is 17.4. The van der Waals surface area contributed by atoms with Crippen LogP contribution in [0.2, 0.25) is 0 Å². The lowest BCUT2D eigenvalue weighted by atomic mass is 10.2. The van der Waals surface area contributed by atoms with Gasteiger partial charge in [-0.25, -0.2) is 13.2 Å². The first kappa shape index (κ1) is 23.0. The minimum atomic E-state index is -3.60. The molecular formula is C22H22N4O5S. The molecule has 0 saturated carbocycles. The van der Waals surface area contributed by atoms with Crippen LogP contribution in [0.5, 0.6) is 0 Å². The van der Waals surface area contributed by atoms with Crippen molar-refractivity contribution in [3.63, 3.8) is 0 Å². The highest BCUT2D eigenvalue weighted by Crippen LogP contribution is 2.19. The van der Waals surface area contributed by atoms with Crippen molar-refractivity contribution in [3.05, 3.63) is 71.4 Å². The van der Waals surface area contributed by atoms with Gasteiger partial charge < -0.3 is 15.3 Å². The summed E-state index contributed by atoms with van der Waals surface area (Å²) in [6, 6.07) is 14.1.